The van der Waals surface area contributed by atoms with Crippen molar-refractivity contribution >= 4 is 23.6 Å². The summed E-state index contributed by atoms with van der Waals surface area (Å²) < 4.78 is 0. The lowest BCUT2D eigenvalue weighted by molar-refractivity contribution is -0.141. The fourth-order valence-corrected chi connectivity index (χ4v) is 6.72. The van der Waals surface area contributed by atoms with Gasteiger partial charge in [0.1, 0.15) is 17.9 Å². The van der Waals surface area contributed by atoms with Crippen LogP contribution in [0.1, 0.15) is 82.9 Å². The summed E-state index contributed by atoms with van der Waals surface area (Å²) in [5.74, 6) is -0.479. The lowest BCUT2D eigenvalue weighted by Crippen LogP contribution is -2.59. The zero-order valence-electron chi connectivity index (χ0n) is 28.6. The molecule has 2 heterocycles. The molecule has 0 unspecified atom stereocenters. The Morgan fingerprint density at radius 1 is 1.00 bits per heavy atom. The first kappa shape index (κ1) is 37.1. The van der Waals surface area contributed by atoms with E-state index in [0.717, 1.165) is 31.2 Å². The van der Waals surface area contributed by atoms with Crippen molar-refractivity contribution in [3.05, 3.63) is 54.1 Å². The Balaban J connectivity index is 1.57. The smallest absolute Gasteiger partial charge is 0.318 e. The molecular weight excluding hydrogens is 612 g/mol. The van der Waals surface area contributed by atoms with Gasteiger partial charge in [-0.05, 0) is 23.8 Å². The number of H-pyrrole nitrogens is 1. The van der Waals surface area contributed by atoms with E-state index in [1.54, 1.807) is 18.1 Å². The molecule has 264 valence electrons. The summed E-state index contributed by atoms with van der Waals surface area (Å²) in [6.07, 6.45) is 8.46. The Kier molecular flexibility index (Phi) is 14.0. The van der Waals surface area contributed by atoms with Crippen LogP contribution in [0.5, 0.6) is 0 Å². The van der Waals surface area contributed by atoms with Crippen LogP contribution >= 0.6 is 0 Å². The molecule has 1 aromatic carbocycles. The second-order valence-electron chi connectivity index (χ2n) is 13.9. The topological polar surface area (TPSA) is 168 Å². The standard InChI is InChI=1S/C36H54N6O6/c1-24(2)32(44)21-33(45)29(18-25-10-6-4-7-11-25)39-34(46)31(20-27-22-37-23-38-27)41(3)35(47)30(19-26-12-8-5-9-13-26)40-36(48)42-16-14-28(43)15-17-42/h5,8-9,12-13,22-25,29-33,44-45H,4,6-7,10-11,14-21H2,1-3H3,(H,37,38)(H,39,46)(H,40,48)/t29-,30-,31-,32-,33-/m0/s1. The highest BCUT2D eigenvalue weighted by molar-refractivity contribution is 5.92. The van der Waals surface area contributed by atoms with Gasteiger partial charge in [0.05, 0.1) is 24.6 Å². The fraction of sp³-hybridized carbons (Fsp3) is 0.639. The third-order valence-corrected chi connectivity index (χ3v) is 9.93. The number of nitrogens with one attached hydrogen (secondary N) is 3. The number of likely N-dealkylation sites (N-methyl/N-ethyl adjacent to an activating group) is 1. The zero-order chi connectivity index (χ0) is 34.6. The second-order valence-corrected chi connectivity index (χ2v) is 13.9. The summed E-state index contributed by atoms with van der Waals surface area (Å²) in [4.78, 5) is 63.7. The van der Waals surface area contributed by atoms with Crippen molar-refractivity contribution in [1.82, 2.24) is 30.4 Å². The van der Waals surface area contributed by atoms with Crippen LogP contribution in [0.3, 0.4) is 0 Å². The molecule has 1 aromatic heterocycles. The number of benzene rings is 1. The number of carbonyl (C=O) groups is 4. The summed E-state index contributed by atoms with van der Waals surface area (Å²) in [5, 5.41) is 27.9. The minimum Gasteiger partial charge on any atom is -0.393 e. The van der Waals surface area contributed by atoms with Gasteiger partial charge in [0.15, 0.2) is 0 Å². The van der Waals surface area contributed by atoms with Crippen LogP contribution in [0.4, 0.5) is 4.79 Å². The normalized spacial score (nSPS) is 18.9. The molecule has 5 N–H and O–H groups in total. The number of hydrogen-bond donors (Lipinski definition) is 5. The van der Waals surface area contributed by atoms with E-state index in [1.165, 1.54) is 17.6 Å². The van der Waals surface area contributed by atoms with Crippen molar-refractivity contribution in [3.8, 4) is 0 Å². The molecule has 2 fully saturated rings. The van der Waals surface area contributed by atoms with Crippen LogP contribution in [0.25, 0.3) is 0 Å². The van der Waals surface area contributed by atoms with Crippen molar-refractivity contribution in [1.29, 1.82) is 0 Å². The molecule has 0 bridgehead atoms. The van der Waals surface area contributed by atoms with Gasteiger partial charge in [-0.3, -0.25) is 14.4 Å². The van der Waals surface area contributed by atoms with E-state index in [-0.39, 0.29) is 56.9 Å². The van der Waals surface area contributed by atoms with Crippen LogP contribution in [0.2, 0.25) is 0 Å². The van der Waals surface area contributed by atoms with Crippen LogP contribution < -0.4 is 10.6 Å². The minimum absolute atomic E-state index is 0.0512. The number of hydrogen-bond acceptors (Lipinski definition) is 7. The van der Waals surface area contributed by atoms with Crippen LogP contribution in [0, 0.1) is 11.8 Å². The molecule has 4 rings (SSSR count). The van der Waals surface area contributed by atoms with Gasteiger partial charge in [-0.1, -0.05) is 76.3 Å². The van der Waals surface area contributed by atoms with Gasteiger partial charge < -0.3 is 35.6 Å². The Morgan fingerprint density at radius 2 is 1.69 bits per heavy atom. The number of Topliss-reactive ketones (excluding diaryl/α,β-unsaturated/α-hetero) is 1. The number of imidazole rings is 1. The molecule has 5 atom stereocenters. The molecule has 1 saturated carbocycles. The first-order chi connectivity index (χ1) is 23.0. The van der Waals surface area contributed by atoms with Gasteiger partial charge in [0, 0.05) is 64.1 Å². The number of nitrogens with zero attached hydrogens (tertiary/aromatic N) is 3. The summed E-state index contributed by atoms with van der Waals surface area (Å²) in [7, 11) is 1.56. The highest BCUT2D eigenvalue weighted by Crippen LogP contribution is 2.29. The Labute approximate surface area is 284 Å². The monoisotopic (exact) mass is 666 g/mol. The predicted molar refractivity (Wildman–Crippen MR) is 182 cm³/mol. The largest absolute Gasteiger partial charge is 0.393 e. The van der Waals surface area contributed by atoms with Crippen molar-refractivity contribution in [2.75, 3.05) is 20.1 Å². The third-order valence-electron chi connectivity index (χ3n) is 9.93. The van der Waals surface area contributed by atoms with Gasteiger partial charge in [-0.25, -0.2) is 9.78 Å². The summed E-state index contributed by atoms with van der Waals surface area (Å²) in [6, 6.07) is 6.35. The number of aliphatic hydroxyl groups excluding tert-OH is 2. The molecule has 0 radical (unpaired) electrons. The molecule has 2 aromatic rings. The van der Waals surface area contributed by atoms with Crippen LogP contribution in [0.15, 0.2) is 42.9 Å². The highest BCUT2D eigenvalue weighted by Gasteiger charge is 2.36. The average Bonchev–Trinajstić information content (AvgIpc) is 3.60. The number of urea groups is 1. The SMILES string of the molecule is CC(C)[C@@H](O)C[C@H](O)[C@H](CC1CCCCC1)NC(=O)[C@H](Cc1cnc[nH]1)N(C)C(=O)[C@H](Cc1ccccc1)NC(=O)N1CCC(=O)CC1. The van der Waals surface area contributed by atoms with Gasteiger partial charge in [-0.15, -0.1) is 0 Å². The number of ketones is 1. The van der Waals surface area contributed by atoms with E-state index in [2.05, 4.69) is 20.6 Å². The van der Waals surface area contributed by atoms with Gasteiger partial charge in [0.2, 0.25) is 11.8 Å². The third kappa shape index (κ3) is 10.9. The first-order valence-electron chi connectivity index (χ1n) is 17.5. The average molecular weight is 667 g/mol. The number of piperidine rings is 1. The maximum atomic E-state index is 14.3. The van der Waals surface area contributed by atoms with E-state index >= 15 is 0 Å². The van der Waals surface area contributed by atoms with Crippen LogP contribution in [-0.2, 0) is 27.2 Å². The van der Waals surface area contributed by atoms with E-state index in [0.29, 0.717) is 18.0 Å². The van der Waals surface area contributed by atoms with Gasteiger partial charge in [-0.2, -0.15) is 0 Å². The molecule has 4 amide bonds. The molecular formula is C36H54N6O6. The van der Waals surface area contributed by atoms with Gasteiger partial charge in [0.25, 0.3) is 0 Å². The first-order valence-corrected chi connectivity index (χ1v) is 17.5. The van der Waals surface area contributed by atoms with Crippen molar-refractivity contribution in [3.63, 3.8) is 0 Å². The second kappa shape index (κ2) is 18.1. The van der Waals surface area contributed by atoms with Crippen molar-refractivity contribution < 1.29 is 29.4 Å². The molecule has 48 heavy (non-hydrogen) atoms. The quantitative estimate of drug-likeness (QED) is 0.195. The number of rotatable bonds is 15. The molecule has 12 heteroatoms. The van der Waals surface area contributed by atoms with Crippen molar-refractivity contribution in [2.45, 2.75) is 115 Å². The Bertz CT molecular complexity index is 1310. The lowest BCUT2D eigenvalue weighted by Gasteiger charge is -2.35. The number of carbonyl (C=O) groups excluding carboxylic acids is 4. The number of amides is 4. The van der Waals surface area contributed by atoms with E-state index < -0.39 is 48.2 Å². The fourth-order valence-electron chi connectivity index (χ4n) is 6.72. The summed E-state index contributed by atoms with van der Waals surface area (Å²) in [6.45, 7) is 4.35. The number of likely N-dealkylation sites (tertiary alicyclic amines) is 1. The number of aromatic nitrogens is 2. The maximum Gasteiger partial charge on any atom is 0.318 e. The van der Waals surface area contributed by atoms with Crippen LogP contribution in [-0.4, -0.2) is 104 Å². The minimum atomic E-state index is -0.989. The molecule has 1 aliphatic heterocycles. The molecule has 2 aliphatic rings. The van der Waals surface area contributed by atoms with Crippen molar-refractivity contribution in [2.24, 2.45) is 11.8 Å². The predicted octanol–water partition coefficient (Wildman–Crippen LogP) is 2.99. The highest BCUT2D eigenvalue weighted by atomic mass is 16.3. The Morgan fingerprint density at radius 3 is 2.31 bits per heavy atom. The van der Waals surface area contributed by atoms with E-state index in [9.17, 15) is 29.4 Å². The molecule has 1 saturated heterocycles. The molecule has 1 aliphatic carbocycles. The zero-order valence-corrected chi connectivity index (χ0v) is 28.6. The van der Waals surface area contributed by atoms with E-state index in [1.807, 2.05) is 44.2 Å². The summed E-state index contributed by atoms with van der Waals surface area (Å²) >= 11 is 0. The van der Waals surface area contributed by atoms with Gasteiger partial charge >= 0.3 is 6.03 Å². The summed E-state index contributed by atoms with van der Waals surface area (Å²) in [5.41, 5.74) is 1.49. The van der Waals surface area contributed by atoms with E-state index in [4.69, 9.17) is 0 Å². The number of aromatic amines is 1. The Hall–Kier alpha value is -3.77. The maximum absolute atomic E-state index is 14.3. The molecule has 0 spiro atoms. The lowest BCUT2D eigenvalue weighted by atomic mass is 9.82. The number of aliphatic hydroxyl groups is 2. The molecule has 12 nitrogen and oxygen atoms in total.